The van der Waals surface area contributed by atoms with E-state index in [4.69, 9.17) is 28.8 Å². The Labute approximate surface area is 189 Å². The minimum atomic E-state index is -0.986. The molecule has 1 aliphatic heterocycles. The van der Waals surface area contributed by atoms with Gasteiger partial charge in [-0.2, -0.15) is 0 Å². The van der Waals surface area contributed by atoms with Crippen LogP contribution >= 0.6 is 23.8 Å². The van der Waals surface area contributed by atoms with E-state index >= 15 is 0 Å². The summed E-state index contributed by atoms with van der Waals surface area (Å²) in [6.07, 6.45) is -0.986. The Morgan fingerprint density at radius 3 is 2.61 bits per heavy atom. The highest BCUT2D eigenvalue weighted by Gasteiger charge is 2.30. The number of hydrogen-bond acceptors (Lipinski definition) is 3. The van der Waals surface area contributed by atoms with Gasteiger partial charge in [-0.25, -0.2) is 9.38 Å². The molecule has 8 heteroatoms. The number of carbonyl (C=O) groups excluding carboxylic acids is 1. The second-order valence-electron chi connectivity index (χ2n) is 6.91. The van der Waals surface area contributed by atoms with Gasteiger partial charge in [-0.15, -0.1) is 0 Å². The van der Waals surface area contributed by atoms with Crippen LogP contribution in [0.4, 0.5) is 15.8 Å². The van der Waals surface area contributed by atoms with Gasteiger partial charge in [0.05, 0.1) is 11.4 Å². The first kappa shape index (κ1) is 21.0. The number of hydrogen-bond donors (Lipinski definition) is 2. The SMILES string of the molecule is CN1C(=O)C(NC(=S)Nc2cccc(F)c2)N=C(c2ccccc2)c2cc(Cl)ccc21. The minimum Gasteiger partial charge on any atom is -0.333 e. The first-order valence-corrected chi connectivity index (χ1v) is 10.2. The van der Waals surface area contributed by atoms with E-state index in [-0.39, 0.29) is 11.0 Å². The lowest BCUT2D eigenvalue weighted by Gasteiger charge is -2.22. The molecule has 0 saturated heterocycles. The largest absolute Gasteiger partial charge is 0.333 e. The lowest BCUT2D eigenvalue weighted by molar-refractivity contribution is -0.119. The van der Waals surface area contributed by atoms with Gasteiger partial charge in [0.25, 0.3) is 5.91 Å². The van der Waals surface area contributed by atoms with Crippen LogP contribution in [0.15, 0.2) is 77.8 Å². The molecule has 0 aromatic heterocycles. The van der Waals surface area contributed by atoms with Crippen molar-refractivity contribution < 1.29 is 9.18 Å². The number of rotatable bonds is 3. The van der Waals surface area contributed by atoms with Gasteiger partial charge in [0.1, 0.15) is 5.82 Å². The van der Waals surface area contributed by atoms with Crippen molar-refractivity contribution in [3.63, 3.8) is 0 Å². The van der Waals surface area contributed by atoms with Crippen molar-refractivity contribution in [3.8, 4) is 0 Å². The summed E-state index contributed by atoms with van der Waals surface area (Å²) in [5.74, 6) is -0.687. The van der Waals surface area contributed by atoms with Crippen LogP contribution in [0.3, 0.4) is 0 Å². The zero-order valence-corrected chi connectivity index (χ0v) is 18.0. The number of benzodiazepines with no additional fused rings is 1. The number of aliphatic imine (C=N–C) groups is 1. The lowest BCUT2D eigenvalue weighted by atomic mass is 10.0. The van der Waals surface area contributed by atoms with Crippen LogP contribution in [-0.4, -0.2) is 29.9 Å². The quantitative estimate of drug-likeness (QED) is 0.570. The maximum atomic E-state index is 13.5. The van der Waals surface area contributed by atoms with Gasteiger partial charge >= 0.3 is 0 Å². The first-order chi connectivity index (χ1) is 14.9. The molecule has 0 bridgehead atoms. The summed E-state index contributed by atoms with van der Waals surface area (Å²) in [7, 11) is 1.68. The molecule has 1 atom stereocenters. The molecule has 0 radical (unpaired) electrons. The normalized spacial score (nSPS) is 15.6. The van der Waals surface area contributed by atoms with Crippen LogP contribution in [0.25, 0.3) is 0 Å². The second-order valence-corrected chi connectivity index (χ2v) is 7.76. The highest BCUT2D eigenvalue weighted by molar-refractivity contribution is 7.80. The van der Waals surface area contributed by atoms with E-state index in [1.165, 1.54) is 17.0 Å². The average molecular weight is 453 g/mol. The van der Waals surface area contributed by atoms with E-state index in [9.17, 15) is 9.18 Å². The van der Waals surface area contributed by atoms with Crippen LogP contribution in [0, 0.1) is 5.82 Å². The van der Waals surface area contributed by atoms with Gasteiger partial charge in [-0.3, -0.25) is 4.79 Å². The number of halogens is 2. The molecule has 2 N–H and O–H groups in total. The van der Waals surface area contributed by atoms with Crippen LogP contribution in [0.2, 0.25) is 5.02 Å². The van der Waals surface area contributed by atoms with Crippen LogP contribution in [0.5, 0.6) is 0 Å². The maximum absolute atomic E-state index is 13.5. The number of amides is 1. The fourth-order valence-corrected chi connectivity index (χ4v) is 3.73. The maximum Gasteiger partial charge on any atom is 0.272 e. The Morgan fingerprint density at radius 2 is 1.87 bits per heavy atom. The monoisotopic (exact) mass is 452 g/mol. The number of likely N-dealkylation sites (N-methyl/N-ethyl adjacent to an activating group) is 1. The summed E-state index contributed by atoms with van der Waals surface area (Å²) in [5, 5.41) is 6.52. The molecule has 4 rings (SSSR count). The molecular weight excluding hydrogens is 435 g/mol. The van der Waals surface area contributed by atoms with Crippen molar-refractivity contribution in [3.05, 3.63) is 94.8 Å². The highest BCUT2D eigenvalue weighted by Crippen LogP contribution is 2.29. The van der Waals surface area contributed by atoms with E-state index < -0.39 is 12.0 Å². The molecule has 1 amide bonds. The minimum absolute atomic E-state index is 0.150. The van der Waals surface area contributed by atoms with Crippen LogP contribution in [0.1, 0.15) is 11.1 Å². The fraction of sp³-hybridized carbons (Fsp3) is 0.0870. The Morgan fingerprint density at radius 1 is 1.10 bits per heavy atom. The molecule has 31 heavy (non-hydrogen) atoms. The number of benzene rings is 3. The number of nitrogens with zero attached hydrogens (tertiary/aromatic N) is 2. The first-order valence-electron chi connectivity index (χ1n) is 9.46. The summed E-state index contributed by atoms with van der Waals surface area (Å²) in [6.45, 7) is 0. The number of thiocarbonyl (C=S) groups is 1. The zero-order chi connectivity index (χ0) is 22.0. The van der Waals surface area contributed by atoms with Gasteiger partial charge in [0.2, 0.25) is 6.17 Å². The molecule has 1 heterocycles. The molecule has 0 fully saturated rings. The number of nitrogens with one attached hydrogen (secondary N) is 2. The van der Waals surface area contributed by atoms with Gasteiger partial charge in [-0.05, 0) is 48.6 Å². The van der Waals surface area contributed by atoms with E-state index in [1.807, 2.05) is 30.3 Å². The molecule has 0 saturated carbocycles. The Kier molecular flexibility index (Phi) is 5.97. The molecule has 1 unspecified atom stereocenters. The van der Waals surface area contributed by atoms with Crippen molar-refractivity contribution >= 4 is 51.9 Å². The van der Waals surface area contributed by atoms with Crippen molar-refractivity contribution in [2.45, 2.75) is 6.17 Å². The second kappa shape index (κ2) is 8.83. The number of carbonyl (C=O) groups is 1. The molecule has 1 aliphatic rings. The molecule has 3 aromatic rings. The Balaban J connectivity index is 1.71. The van der Waals surface area contributed by atoms with E-state index in [2.05, 4.69) is 10.6 Å². The summed E-state index contributed by atoms with van der Waals surface area (Å²) in [5.41, 5.74) is 3.34. The van der Waals surface area contributed by atoms with Gasteiger partial charge in [-0.1, -0.05) is 48.0 Å². The topological polar surface area (TPSA) is 56.7 Å². The van der Waals surface area contributed by atoms with E-state index in [1.54, 1.807) is 37.4 Å². The molecule has 3 aromatic carbocycles. The third kappa shape index (κ3) is 4.57. The highest BCUT2D eigenvalue weighted by atomic mass is 35.5. The third-order valence-electron chi connectivity index (χ3n) is 4.80. The molecule has 0 aliphatic carbocycles. The standard InChI is InChI=1S/C23H18ClFN4OS/c1-29-19-11-10-15(24)12-18(19)20(14-6-3-2-4-7-14)27-21(22(29)30)28-23(31)26-17-9-5-8-16(25)13-17/h2-13,21H,1H3,(H2,26,28,31). The number of fused-ring (bicyclic) bond motifs is 1. The van der Waals surface area contributed by atoms with Crippen molar-refractivity contribution in [1.82, 2.24) is 5.32 Å². The van der Waals surface area contributed by atoms with E-state index in [0.29, 0.717) is 22.1 Å². The number of anilines is 2. The van der Waals surface area contributed by atoms with Crippen molar-refractivity contribution in [2.75, 3.05) is 17.3 Å². The molecular formula is C23H18ClFN4OS. The molecule has 0 spiro atoms. The summed E-state index contributed by atoms with van der Waals surface area (Å²) < 4.78 is 13.5. The van der Waals surface area contributed by atoms with Crippen LogP contribution < -0.4 is 15.5 Å². The van der Waals surface area contributed by atoms with Crippen molar-refractivity contribution in [2.24, 2.45) is 4.99 Å². The third-order valence-corrected chi connectivity index (χ3v) is 5.25. The Bertz CT molecular complexity index is 1190. The zero-order valence-electron chi connectivity index (χ0n) is 16.5. The van der Waals surface area contributed by atoms with Gasteiger partial charge < -0.3 is 15.5 Å². The predicted octanol–water partition coefficient (Wildman–Crippen LogP) is 4.61. The summed E-state index contributed by atoms with van der Waals surface area (Å²) in [4.78, 5) is 19.4. The summed E-state index contributed by atoms with van der Waals surface area (Å²) >= 11 is 11.6. The smallest absolute Gasteiger partial charge is 0.272 e. The average Bonchev–Trinajstić information content (AvgIpc) is 2.85. The lowest BCUT2D eigenvalue weighted by Crippen LogP contribution is -2.47. The molecule has 5 nitrogen and oxygen atoms in total. The fourth-order valence-electron chi connectivity index (χ4n) is 3.32. The van der Waals surface area contributed by atoms with Crippen molar-refractivity contribution in [1.29, 1.82) is 0 Å². The van der Waals surface area contributed by atoms with Crippen LogP contribution in [-0.2, 0) is 4.79 Å². The van der Waals surface area contributed by atoms with E-state index in [0.717, 1.165) is 11.1 Å². The van der Waals surface area contributed by atoms with Gasteiger partial charge in [0, 0.05) is 28.9 Å². The summed E-state index contributed by atoms with van der Waals surface area (Å²) in [6, 6.07) is 20.7. The molecule has 156 valence electrons. The van der Waals surface area contributed by atoms with Gasteiger partial charge in [0.15, 0.2) is 5.11 Å². The Hall–Kier alpha value is -3.29. The predicted molar refractivity (Wildman–Crippen MR) is 126 cm³/mol.